The lowest BCUT2D eigenvalue weighted by molar-refractivity contribution is 0.0587. The van der Waals surface area contributed by atoms with Gasteiger partial charge in [-0.1, -0.05) is 6.07 Å². The van der Waals surface area contributed by atoms with E-state index in [0.29, 0.717) is 34.9 Å². The van der Waals surface area contributed by atoms with Crippen LogP contribution in [-0.4, -0.2) is 131 Å². The van der Waals surface area contributed by atoms with Crippen LogP contribution in [0.3, 0.4) is 0 Å². The van der Waals surface area contributed by atoms with Gasteiger partial charge in [-0.25, -0.2) is 24.0 Å². The fourth-order valence-electron chi connectivity index (χ4n) is 9.74. The number of pyridine rings is 5. The summed E-state index contributed by atoms with van der Waals surface area (Å²) in [5.74, 6) is 0.868. The van der Waals surface area contributed by atoms with E-state index in [1.165, 1.54) is 87.4 Å². The zero-order valence-corrected chi connectivity index (χ0v) is 64.5. The second-order valence-electron chi connectivity index (χ2n) is 25.4. The van der Waals surface area contributed by atoms with Gasteiger partial charge in [0.1, 0.15) is 33.8 Å². The number of carboxylic acid groups (broad SMARTS) is 1. The van der Waals surface area contributed by atoms with Gasteiger partial charge in [-0.15, -0.1) is 0 Å². The van der Waals surface area contributed by atoms with Gasteiger partial charge in [-0.2, -0.15) is 30.6 Å². The maximum absolute atomic E-state index is 12.6. The minimum atomic E-state index is -1.24. The number of rotatable bonds is 9. The lowest BCUT2D eigenvalue weighted by Gasteiger charge is -2.19. The van der Waals surface area contributed by atoms with Crippen LogP contribution in [0, 0.1) is 83.1 Å². The maximum atomic E-state index is 12.6. The molecule has 0 unspecified atom stereocenters. The molecule has 0 aromatic carbocycles. The normalized spacial score (nSPS) is 10.5. The topological polar surface area (TPSA) is 449 Å². The van der Waals surface area contributed by atoms with E-state index in [1.54, 1.807) is 106 Å². The Morgan fingerprint density at radius 1 is 0.459 bits per heavy atom. The fourth-order valence-corrected chi connectivity index (χ4v) is 9.74. The molecule has 0 aliphatic carbocycles. The smallest absolute Gasteiger partial charge is 0.412 e. The number of H-pyrrole nitrogens is 2. The first-order valence-electron chi connectivity index (χ1n) is 33.3. The van der Waals surface area contributed by atoms with Crippen molar-refractivity contribution in [3.05, 3.63) is 263 Å². The van der Waals surface area contributed by atoms with Crippen LogP contribution in [0.2, 0.25) is 0 Å². The molecule has 12 heterocycles. The molecule has 0 radical (unpaired) electrons. The van der Waals surface area contributed by atoms with Gasteiger partial charge in [0.2, 0.25) is 0 Å². The third-order valence-corrected chi connectivity index (χ3v) is 17.1. The molecular formula is C74H90N20O15. The Morgan fingerprint density at radius 2 is 0.853 bits per heavy atom. The van der Waals surface area contributed by atoms with E-state index in [4.69, 9.17) is 21.3 Å². The average Bonchev–Trinajstić information content (AvgIpc) is 1.74. The van der Waals surface area contributed by atoms with E-state index >= 15 is 0 Å². The van der Waals surface area contributed by atoms with Crippen LogP contribution in [0.4, 0.5) is 22.0 Å². The van der Waals surface area contributed by atoms with Crippen LogP contribution < -0.4 is 50.2 Å². The number of nitrogen functional groups attached to an aromatic ring is 2. The van der Waals surface area contributed by atoms with Gasteiger partial charge in [0.05, 0.1) is 26.2 Å². The monoisotopic (exact) mass is 1500 g/mol. The number of nitrogens with zero attached hydrogens (tertiary/aromatic N) is 15. The zero-order valence-electron chi connectivity index (χ0n) is 64.5. The molecule has 109 heavy (non-hydrogen) atoms. The van der Waals surface area contributed by atoms with Crippen molar-refractivity contribution in [3.63, 3.8) is 0 Å². The van der Waals surface area contributed by atoms with Gasteiger partial charge in [-0.3, -0.25) is 81.0 Å². The van der Waals surface area contributed by atoms with Gasteiger partial charge in [0.15, 0.2) is 29.1 Å². The highest BCUT2D eigenvalue weighted by Gasteiger charge is 2.22. The molecule has 0 aliphatic rings. The summed E-state index contributed by atoms with van der Waals surface area (Å²) in [5.41, 5.74) is 19.6. The molecule has 576 valence electrons. The van der Waals surface area contributed by atoms with E-state index in [0.717, 1.165) is 67.5 Å². The third kappa shape index (κ3) is 20.2. The number of nitrogens with one attached hydrogen (secondary N) is 3. The molecule has 0 atom stereocenters. The number of aryl methyl sites for hydroxylation is 6. The van der Waals surface area contributed by atoms with Crippen molar-refractivity contribution in [2.75, 3.05) is 31.0 Å². The van der Waals surface area contributed by atoms with Gasteiger partial charge < -0.3 is 35.2 Å². The molecule has 0 aliphatic heterocycles. The molecule has 35 heteroatoms. The van der Waals surface area contributed by atoms with E-state index in [-0.39, 0.29) is 44.7 Å². The number of carbonyl (C=O) groups excluding carboxylic acids is 3. The molecule has 12 rings (SSSR count). The second kappa shape index (κ2) is 36.3. The average molecular weight is 1500 g/mol. The van der Waals surface area contributed by atoms with Crippen LogP contribution in [0.1, 0.15) is 119 Å². The Bertz CT molecular complexity index is 5660. The summed E-state index contributed by atoms with van der Waals surface area (Å²) in [4.78, 5) is 116. The number of esters is 2. The van der Waals surface area contributed by atoms with Crippen molar-refractivity contribution in [3.8, 4) is 29.1 Å². The van der Waals surface area contributed by atoms with Crippen molar-refractivity contribution < 1.29 is 42.9 Å². The lowest BCUT2D eigenvalue weighted by Crippen LogP contribution is -2.30. The highest BCUT2D eigenvalue weighted by molar-refractivity contribution is 5.89. The van der Waals surface area contributed by atoms with Gasteiger partial charge in [0.25, 0.3) is 27.8 Å². The molecule has 0 saturated carbocycles. The number of anilines is 3. The molecule has 0 fully saturated rings. The number of carbonyl (C=O) groups is 4. The molecule has 0 saturated heterocycles. The SMILES string of the molecule is COC(=O)c1cccn(-c2n[nH]c(C)c2C)c1=O.COC(=O)c1cccoc1=O.Cc1[nH]nc(N)c1C.Cc1c(-n2cccc(C(=O)O)c2=O)nn(C)c1C.Cc1c(-n2cccc(N)c2=O)nn(C)c1C.Cc1c(-n2cccc(NC(=O)OC(C)(C)C)c2=O)nn(C)c1C.Cc1c(-n2ccccc2=O)nn(C)c1C. The Morgan fingerprint density at radius 3 is 1.25 bits per heavy atom. The standard InChI is InChI=1S/C16H22N4O3.2C12H13N3O3.C11H14N4O.C11H13N3O.C7H6O4.C5H9N3/c1-10-11(2)19(6)18-13(10)20-9-7-8-12(14(20)21)17-15(22)23-16(3,4)5;1-7-8(2)14(3)13-10(7)15-6-4-5-9(11(15)16)12(17)18;1-7-8(2)13-14-10(7)15-6-4-5-9(11(15)16)12(17)18-3;1-7-8(2)14(3)13-10(7)15-6-4-5-9(12)11(15)16;1-8-9(2)13(3)12-11(8)14-7-5-4-6-10(14)15;1-10-6(8)5-3-2-4-11-7(5)9;1-3-4(2)7-8-5(3)6/h7-9H,1-6H3,(H,17,22);4-6H,1-3H3,(H,17,18);4-6H,1-3H3,(H,13,14);4-6H,12H2,1-3H3;4-7H,1-3H3;2-4H,1H3;1-2H3,(H3,6,7,8). The summed E-state index contributed by atoms with van der Waals surface area (Å²) >= 11 is 0. The van der Waals surface area contributed by atoms with Crippen molar-refractivity contribution in [2.24, 2.45) is 28.2 Å². The number of methoxy groups -OCH3 is 2. The number of hydrogen-bond acceptors (Lipinski definition) is 22. The number of aromatic carboxylic acids is 1. The molecule has 0 bridgehead atoms. The van der Waals surface area contributed by atoms with Gasteiger partial charge in [-0.05, 0) is 171 Å². The molecule has 12 aromatic heterocycles. The Kier molecular flexibility index (Phi) is 28.0. The Labute approximate surface area is 624 Å². The van der Waals surface area contributed by atoms with E-state index < -0.39 is 46.3 Å². The van der Waals surface area contributed by atoms with Gasteiger partial charge >= 0.3 is 29.6 Å². The summed E-state index contributed by atoms with van der Waals surface area (Å²) in [6.45, 7) is 28.3. The van der Waals surface area contributed by atoms with Crippen molar-refractivity contribution >= 4 is 41.2 Å². The lowest BCUT2D eigenvalue weighted by atomic mass is 10.2. The number of carboxylic acids is 1. The number of aromatic nitrogens is 17. The predicted octanol–water partition coefficient (Wildman–Crippen LogP) is 7.38. The van der Waals surface area contributed by atoms with Crippen molar-refractivity contribution in [1.29, 1.82) is 0 Å². The molecule has 12 aromatic rings. The highest BCUT2D eigenvalue weighted by Crippen LogP contribution is 2.20. The van der Waals surface area contributed by atoms with Gasteiger partial charge in [0, 0.05) is 133 Å². The zero-order chi connectivity index (χ0) is 81.4. The summed E-state index contributed by atoms with van der Waals surface area (Å²) in [6, 6.07) is 20.3. The number of nitrogens with two attached hydrogens (primary N) is 2. The van der Waals surface area contributed by atoms with E-state index in [1.807, 2.05) is 110 Å². The Hall–Kier alpha value is -13.8. The van der Waals surface area contributed by atoms with Crippen LogP contribution >= 0.6 is 0 Å². The highest BCUT2D eigenvalue weighted by atomic mass is 16.6. The van der Waals surface area contributed by atoms with E-state index in [2.05, 4.69) is 60.0 Å². The number of ether oxygens (including phenoxy) is 3. The molecule has 8 N–H and O–H groups in total. The molecule has 35 nitrogen and oxygen atoms in total. The molecule has 1 amide bonds. The largest absolute Gasteiger partial charge is 0.477 e. The fraction of sp³-hybridized carbons (Fsp3) is 0.297. The molecular weight excluding hydrogens is 1410 g/mol. The maximum Gasteiger partial charge on any atom is 0.412 e. The number of amides is 1. The summed E-state index contributed by atoms with van der Waals surface area (Å²) < 4.78 is 32.4. The summed E-state index contributed by atoms with van der Waals surface area (Å²) in [5, 5.41) is 42.0. The number of aromatic amines is 2. The minimum Gasteiger partial charge on any atom is -0.477 e. The summed E-state index contributed by atoms with van der Waals surface area (Å²) in [6.07, 6.45) is 8.65. The number of hydrogen-bond donors (Lipinski definition) is 6. The van der Waals surface area contributed by atoms with Crippen molar-refractivity contribution in [2.45, 2.75) is 109 Å². The van der Waals surface area contributed by atoms with Crippen LogP contribution in [0.15, 0.2) is 149 Å². The first-order valence-corrected chi connectivity index (χ1v) is 33.3. The predicted molar refractivity (Wildman–Crippen MR) is 408 cm³/mol. The minimum absolute atomic E-state index is 0.0138. The second-order valence-corrected chi connectivity index (χ2v) is 25.4. The molecule has 0 spiro atoms. The van der Waals surface area contributed by atoms with Crippen molar-refractivity contribution in [1.82, 2.24) is 82.4 Å². The Balaban J connectivity index is 0.000000202. The van der Waals surface area contributed by atoms with E-state index in [9.17, 15) is 47.9 Å². The van der Waals surface area contributed by atoms with Crippen LogP contribution in [0.25, 0.3) is 29.1 Å². The van der Waals surface area contributed by atoms with Crippen LogP contribution in [-0.2, 0) is 42.4 Å². The third-order valence-electron chi connectivity index (χ3n) is 17.1. The quantitative estimate of drug-likeness (QED) is 0.0606. The first-order chi connectivity index (χ1) is 51.2. The first kappa shape index (κ1) is 84.2. The van der Waals surface area contributed by atoms with Crippen LogP contribution in [0.5, 0.6) is 0 Å². The summed E-state index contributed by atoms with van der Waals surface area (Å²) in [7, 11) is 9.76.